The standard InChI is InChI=1S/C15H16BN3O2.C2HF3O2/c17-12(9-10-5-7-11(8-6-10)16(20)21)15-18-13-3-1-2-4-14(13)19-15;3-2(4,5)1(6)7/h1-8,12,20-21H,9,17H2,(H,18,19);(H,6,7)/t12-;/m0./s1. The van der Waals surface area contributed by atoms with E-state index in [-0.39, 0.29) is 6.04 Å². The van der Waals surface area contributed by atoms with Crippen LogP contribution in [0.1, 0.15) is 17.4 Å². The van der Waals surface area contributed by atoms with Gasteiger partial charge >= 0.3 is 19.3 Å². The zero-order valence-electron chi connectivity index (χ0n) is 14.4. The SMILES string of the molecule is N[C@@H](Cc1ccc(B(O)O)cc1)c1nc2ccccc2[nH]1.O=C(O)C(F)(F)F. The monoisotopic (exact) mass is 395 g/mol. The van der Waals surface area contributed by atoms with Crippen LogP contribution in [0.5, 0.6) is 0 Å². The molecule has 0 unspecified atom stereocenters. The molecule has 0 spiro atoms. The van der Waals surface area contributed by atoms with Crippen LogP contribution < -0.4 is 11.2 Å². The second-order valence-electron chi connectivity index (χ2n) is 5.87. The van der Waals surface area contributed by atoms with Gasteiger partial charge in [0.1, 0.15) is 5.82 Å². The third-order valence-electron chi connectivity index (χ3n) is 3.73. The van der Waals surface area contributed by atoms with Crippen LogP contribution in [0.25, 0.3) is 11.0 Å². The van der Waals surface area contributed by atoms with Gasteiger partial charge in [0.2, 0.25) is 0 Å². The van der Waals surface area contributed by atoms with E-state index in [4.69, 9.17) is 25.7 Å². The van der Waals surface area contributed by atoms with Crippen molar-refractivity contribution in [3.63, 3.8) is 0 Å². The number of aromatic amines is 1. The number of nitrogens with one attached hydrogen (secondary N) is 1. The summed E-state index contributed by atoms with van der Waals surface area (Å²) in [6.45, 7) is 0. The minimum absolute atomic E-state index is 0.234. The van der Waals surface area contributed by atoms with Gasteiger partial charge in [-0.15, -0.1) is 0 Å². The fourth-order valence-corrected chi connectivity index (χ4v) is 2.32. The summed E-state index contributed by atoms with van der Waals surface area (Å²) in [5.74, 6) is -2.00. The molecule has 0 bridgehead atoms. The number of carboxylic acids is 1. The van der Waals surface area contributed by atoms with Crippen molar-refractivity contribution in [1.82, 2.24) is 9.97 Å². The lowest BCUT2D eigenvalue weighted by atomic mass is 9.80. The van der Waals surface area contributed by atoms with Gasteiger partial charge in [-0.05, 0) is 29.6 Å². The van der Waals surface area contributed by atoms with Gasteiger partial charge in [-0.1, -0.05) is 36.4 Å². The first-order valence-corrected chi connectivity index (χ1v) is 8.03. The molecule has 28 heavy (non-hydrogen) atoms. The Kier molecular flexibility index (Phi) is 6.78. The number of carbonyl (C=O) groups is 1. The number of imidazole rings is 1. The van der Waals surface area contributed by atoms with Crippen molar-refractivity contribution in [1.29, 1.82) is 0 Å². The number of rotatable bonds is 4. The Morgan fingerprint density at radius 3 is 2.21 bits per heavy atom. The van der Waals surface area contributed by atoms with Crippen molar-refractivity contribution < 1.29 is 33.1 Å². The van der Waals surface area contributed by atoms with Crippen LogP contribution in [0, 0.1) is 0 Å². The molecule has 0 saturated heterocycles. The Morgan fingerprint density at radius 1 is 1.14 bits per heavy atom. The predicted molar refractivity (Wildman–Crippen MR) is 96.7 cm³/mol. The molecule has 148 valence electrons. The molecule has 1 heterocycles. The van der Waals surface area contributed by atoms with Gasteiger partial charge in [0, 0.05) is 0 Å². The average molecular weight is 395 g/mol. The van der Waals surface area contributed by atoms with Gasteiger partial charge < -0.3 is 25.9 Å². The third-order valence-corrected chi connectivity index (χ3v) is 3.73. The average Bonchev–Trinajstić information content (AvgIpc) is 3.06. The van der Waals surface area contributed by atoms with E-state index in [0.29, 0.717) is 11.9 Å². The molecule has 0 aliphatic rings. The number of alkyl halides is 3. The number of benzene rings is 2. The van der Waals surface area contributed by atoms with E-state index < -0.39 is 19.3 Å². The quantitative estimate of drug-likeness (QED) is 0.421. The third kappa shape index (κ3) is 5.81. The van der Waals surface area contributed by atoms with E-state index >= 15 is 0 Å². The fourth-order valence-electron chi connectivity index (χ4n) is 2.32. The summed E-state index contributed by atoms with van der Waals surface area (Å²) in [6.07, 6.45) is -4.46. The Morgan fingerprint density at radius 2 is 1.71 bits per heavy atom. The maximum atomic E-state index is 10.6. The maximum absolute atomic E-state index is 10.6. The molecular formula is C17H17BF3N3O4. The molecule has 3 aromatic rings. The topological polar surface area (TPSA) is 132 Å². The minimum atomic E-state index is -5.08. The maximum Gasteiger partial charge on any atom is 0.490 e. The minimum Gasteiger partial charge on any atom is -0.475 e. The highest BCUT2D eigenvalue weighted by molar-refractivity contribution is 6.58. The highest BCUT2D eigenvalue weighted by Crippen LogP contribution is 2.17. The van der Waals surface area contributed by atoms with Gasteiger partial charge in [0.05, 0.1) is 17.1 Å². The number of hydrogen-bond donors (Lipinski definition) is 5. The lowest BCUT2D eigenvalue weighted by Crippen LogP contribution is -2.29. The van der Waals surface area contributed by atoms with Crippen LogP contribution in [0.15, 0.2) is 48.5 Å². The summed E-state index contributed by atoms with van der Waals surface area (Å²) >= 11 is 0. The lowest BCUT2D eigenvalue weighted by Gasteiger charge is -2.09. The number of nitrogens with zero attached hydrogens (tertiary/aromatic N) is 1. The van der Waals surface area contributed by atoms with Crippen LogP contribution in [0.3, 0.4) is 0 Å². The molecule has 0 fully saturated rings. The Balaban J connectivity index is 0.000000345. The van der Waals surface area contributed by atoms with Crippen LogP contribution in [-0.2, 0) is 11.2 Å². The summed E-state index contributed by atoms with van der Waals surface area (Å²) < 4.78 is 31.7. The molecule has 1 aromatic heterocycles. The molecule has 0 aliphatic carbocycles. The molecule has 1 atom stereocenters. The van der Waals surface area contributed by atoms with Crippen LogP contribution in [0.2, 0.25) is 0 Å². The zero-order chi connectivity index (χ0) is 20.9. The zero-order valence-corrected chi connectivity index (χ0v) is 14.4. The smallest absolute Gasteiger partial charge is 0.475 e. The van der Waals surface area contributed by atoms with Gasteiger partial charge in [0.15, 0.2) is 0 Å². The first-order valence-electron chi connectivity index (χ1n) is 8.03. The van der Waals surface area contributed by atoms with Crippen molar-refractivity contribution in [2.24, 2.45) is 5.73 Å². The number of halogens is 3. The van der Waals surface area contributed by atoms with Gasteiger partial charge in [0.25, 0.3) is 0 Å². The highest BCUT2D eigenvalue weighted by atomic mass is 19.4. The Hall–Kier alpha value is -2.89. The molecule has 11 heteroatoms. The van der Waals surface area contributed by atoms with E-state index in [0.717, 1.165) is 22.4 Å². The van der Waals surface area contributed by atoms with Crippen molar-refractivity contribution in [2.45, 2.75) is 18.6 Å². The first-order chi connectivity index (χ1) is 13.1. The number of aliphatic carboxylic acids is 1. The van der Waals surface area contributed by atoms with Crippen LogP contribution >= 0.6 is 0 Å². The highest BCUT2D eigenvalue weighted by Gasteiger charge is 2.38. The summed E-state index contributed by atoms with van der Waals surface area (Å²) in [7, 11) is -1.44. The molecule has 6 N–H and O–H groups in total. The van der Waals surface area contributed by atoms with Gasteiger partial charge in [-0.2, -0.15) is 13.2 Å². The van der Waals surface area contributed by atoms with Crippen molar-refractivity contribution >= 4 is 29.6 Å². The van der Waals surface area contributed by atoms with Gasteiger partial charge in [-0.25, -0.2) is 9.78 Å². The first kappa shape index (κ1) is 21.4. The summed E-state index contributed by atoms with van der Waals surface area (Å²) in [5.41, 5.74) is 9.56. The molecule has 3 rings (SSSR count). The number of H-pyrrole nitrogens is 1. The van der Waals surface area contributed by atoms with E-state index in [9.17, 15) is 13.2 Å². The fraction of sp³-hybridized carbons (Fsp3) is 0.176. The molecule has 2 aromatic carbocycles. The number of aromatic nitrogens is 2. The number of nitrogens with two attached hydrogens (primary N) is 1. The van der Waals surface area contributed by atoms with Gasteiger partial charge in [-0.3, -0.25) is 0 Å². The molecule has 0 aliphatic heterocycles. The van der Waals surface area contributed by atoms with E-state index in [1.165, 1.54) is 0 Å². The Labute approximate surface area is 157 Å². The normalized spacial score (nSPS) is 12.2. The summed E-state index contributed by atoms with van der Waals surface area (Å²) in [5, 5.41) is 25.3. The predicted octanol–water partition coefficient (Wildman–Crippen LogP) is 1.12. The van der Waals surface area contributed by atoms with E-state index in [2.05, 4.69) is 9.97 Å². The van der Waals surface area contributed by atoms with Crippen molar-refractivity contribution in [3.8, 4) is 0 Å². The van der Waals surface area contributed by atoms with Crippen molar-refractivity contribution in [3.05, 3.63) is 59.9 Å². The molecular weight excluding hydrogens is 378 g/mol. The molecule has 0 amide bonds. The molecule has 0 radical (unpaired) electrons. The Bertz CT molecular complexity index is 896. The van der Waals surface area contributed by atoms with Crippen LogP contribution in [-0.4, -0.2) is 44.4 Å². The largest absolute Gasteiger partial charge is 0.490 e. The molecule has 7 nitrogen and oxygen atoms in total. The number of carboxylic acid groups (broad SMARTS) is 1. The number of hydrogen-bond acceptors (Lipinski definition) is 5. The van der Waals surface area contributed by atoms with Crippen LogP contribution in [0.4, 0.5) is 13.2 Å². The second-order valence-corrected chi connectivity index (χ2v) is 5.87. The van der Waals surface area contributed by atoms with E-state index in [1.807, 2.05) is 36.4 Å². The summed E-state index contributed by atoms with van der Waals surface area (Å²) in [6, 6.07) is 14.6. The summed E-state index contributed by atoms with van der Waals surface area (Å²) in [4.78, 5) is 16.6. The number of para-hydroxylation sites is 2. The van der Waals surface area contributed by atoms with Crippen molar-refractivity contribution in [2.75, 3.05) is 0 Å². The number of fused-ring (bicyclic) bond motifs is 1. The molecule has 0 saturated carbocycles. The van der Waals surface area contributed by atoms with E-state index in [1.54, 1.807) is 12.1 Å². The second kappa shape index (κ2) is 8.87. The lowest BCUT2D eigenvalue weighted by molar-refractivity contribution is -0.192.